The fourth-order valence-electron chi connectivity index (χ4n) is 2.54. The zero-order chi connectivity index (χ0) is 16.3. The molecule has 22 heavy (non-hydrogen) atoms. The van der Waals surface area contributed by atoms with Crippen molar-refractivity contribution in [2.24, 2.45) is 0 Å². The van der Waals surface area contributed by atoms with Gasteiger partial charge in [0.2, 0.25) is 0 Å². The number of hydrogen-bond acceptors (Lipinski definition) is 4. The Labute approximate surface area is 130 Å². The summed E-state index contributed by atoms with van der Waals surface area (Å²) in [5.74, 6) is 0.747. The van der Waals surface area contributed by atoms with Crippen molar-refractivity contribution < 1.29 is 20.1 Å². The Morgan fingerprint density at radius 2 is 1.41 bits per heavy atom. The van der Waals surface area contributed by atoms with E-state index in [-0.39, 0.29) is 24.4 Å². The van der Waals surface area contributed by atoms with Crippen LogP contribution in [0.2, 0.25) is 0 Å². The molecule has 0 aliphatic heterocycles. The number of hydrogen-bond donors (Lipinski definition) is 3. The van der Waals surface area contributed by atoms with Crippen molar-refractivity contribution in [3.05, 3.63) is 58.7 Å². The van der Waals surface area contributed by atoms with E-state index in [1.54, 1.807) is 19.2 Å². The molecule has 0 fully saturated rings. The molecule has 2 aromatic rings. The van der Waals surface area contributed by atoms with Crippen molar-refractivity contribution in [2.45, 2.75) is 32.5 Å². The van der Waals surface area contributed by atoms with E-state index in [1.807, 2.05) is 24.3 Å². The summed E-state index contributed by atoms with van der Waals surface area (Å²) in [4.78, 5) is 0. The van der Waals surface area contributed by atoms with Gasteiger partial charge in [-0.1, -0.05) is 26.0 Å². The maximum absolute atomic E-state index is 9.98. The first-order valence-corrected chi connectivity index (χ1v) is 7.15. The second kappa shape index (κ2) is 6.38. The van der Waals surface area contributed by atoms with Crippen LogP contribution in [-0.4, -0.2) is 22.4 Å². The smallest absolute Gasteiger partial charge is 0.126 e. The average molecular weight is 302 g/mol. The lowest BCUT2D eigenvalue weighted by Crippen LogP contribution is -2.19. The number of ether oxygens (including phenoxy) is 1. The van der Waals surface area contributed by atoms with Gasteiger partial charge in [-0.25, -0.2) is 0 Å². The SMILES string of the molecule is COc1ccc(C(C)(C)c2cc(CO)c(O)c(CO)c2)cc1. The van der Waals surface area contributed by atoms with Crippen LogP contribution in [0.1, 0.15) is 36.1 Å². The summed E-state index contributed by atoms with van der Waals surface area (Å²) in [5, 5.41) is 28.8. The van der Waals surface area contributed by atoms with Gasteiger partial charge >= 0.3 is 0 Å². The van der Waals surface area contributed by atoms with Gasteiger partial charge in [-0.05, 0) is 35.4 Å². The van der Waals surface area contributed by atoms with E-state index in [1.165, 1.54) is 0 Å². The van der Waals surface area contributed by atoms with Gasteiger partial charge in [0.05, 0.1) is 20.3 Å². The van der Waals surface area contributed by atoms with Crippen molar-refractivity contribution in [1.29, 1.82) is 0 Å². The Morgan fingerprint density at radius 1 is 0.909 bits per heavy atom. The van der Waals surface area contributed by atoms with Crippen LogP contribution in [0.5, 0.6) is 11.5 Å². The summed E-state index contributed by atoms with van der Waals surface area (Å²) in [5.41, 5.74) is 2.50. The molecule has 118 valence electrons. The predicted molar refractivity (Wildman–Crippen MR) is 85.1 cm³/mol. The molecule has 0 spiro atoms. The van der Waals surface area contributed by atoms with Crippen LogP contribution in [0.4, 0.5) is 0 Å². The van der Waals surface area contributed by atoms with Crippen LogP contribution in [0.3, 0.4) is 0 Å². The summed E-state index contributed by atoms with van der Waals surface area (Å²) in [7, 11) is 1.63. The summed E-state index contributed by atoms with van der Waals surface area (Å²) in [6.07, 6.45) is 0. The Bertz CT molecular complexity index is 620. The first-order valence-electron chi connectivity index (χ1n) is 7.15. The third kappa shape index (κ3) is 2.93. The lowest BCUT2D eigenvalue weighted by Gasteiger charge is -2.28. The van der Waals surface area contributed by atoms with Crippen molar-refractivity contribution in [3.8, 4) is 11.5 Å². The third-order valence-corrected chi connectivity index (χ3v) is 4.14. The van der Waals surface area contributed by atoms with Gasteiger partial charge in [-0.15, -0.1) is 0 Å². The fraction of sp³-hybridized carbons (Fsp3) is 0.333. The van der Waals surface area contributed by atoms with E-state index >= 15 is 0 Å². The summed E-state index contributed by atoms with van der Waals surface area (Å²) >= 11 is 0. The number of aromatic hydroxyl groups is 1. The Kier molecular flexibility index (Phi) is 4.74. The van der Waals surface area contributed by atoms with Crippen molar-refractivity contribution in [2.75, 3.05) is 7.11 Å². The molecule has 0 aliphatic rings. The van der Waals surface area contributed by atoms with Crippen LogP contribution in [-0.2, 0) is 18.6 Å². The average Bonchev–Trinajstić information content (AvgIpc) is 2.54. The molecule has 3 N–H and O–H groups in total. The van der Waals surface area contributed by atoms with Crippen molar-refractivity contribution >= 4 is 0 Å². The standard InChI is InChI=1S/C18H22O4/c1-18(2,14-4-6-16(22-3)7-5-14)15-8-12(10-19)17(21)13(9-15)11-20/h4-9,19-21H,10-11H2,1-3H3. The number of phenols is 1. The van der Waals surface area contributed by atoms with Gasteiger partial charge < -0.3 is 20.1 Å². The van der Waals surface area contributed by atoms with E-state index in [4.69, 9.17) is 4.74 Å². The molecule has 0 unspecified atom stereocenters. The highest BCUT2D eigenvalue weighted by atomic mass is 16.5. The van der Waals surface area contributed by atoms with Crippen molar-refractivity contribution in [3.63, 3.8) is 0 Å². The summed E-state index contributed by atoms with van der Waals surface area (Å²) in [6, 6.07) is 11.3. The molecule has 0 bridgehead atoms. The molecule has 0 aliphatic carbocycles. The molecule has 0 heterocycles. The molecular formula is C18H22O4. The summed E-state index contributed by atoms with van der Waals surface area (Å²) in [6.45, 7) is 3.57. The number of aliphatic hydroxyl groups excluding tert-OH is 2. The molecule has 2 aromatic carbocycles. The largest absolute Gasteiger partial charge is 0.507 e. The summed E-state index contributed by atoms with van der Waals surface area (Å²) < 4.78 is 5.18. The maximum atomic E-state index is 9.98. The lowest BCUT2D eigenvalue weighted by atomic mass is 9.77. The molecule has 4 heteroatoms. The minimum absolute atomic E-state index is 0.0423. The van der Waals surface area contributed by atoms with Gasteiger partial charge in [0, 0.05) is 16.5 Å². The Balaban J connectivity index is 2.51. The lowest BCUT2D eigenvalue weighted by molar-refractivity contribution is 0.263. The second-order valence-electron chi connectivity index (χ2n) is 5.81. The predicted octanol–water partition coefficient (Wildman–Crippen LogP) is 2.71. The van der Waals surface area contributed by atoms with E-state index < -0.39 is 0 Å². The van der Waals surface area contributed by atoms with E-state index in [2.05, 4.69) is 13.8 Å². The minimum atomic E-state index is -0.339. The van der Waals surface area contributed by atoms with Gasteiger partial charge in [-0.3, -0.25) is 0 Å². The molecule has 2 rings (SSSR count). The molecule has 0 saturated carbocycles. The quantitative estimate of drug-likeness (QED) is 0.794. The highest BCUT2D eigenvalue weighted by Crippen LogP contribution is 2.36. The van der Waals surface area contributed by atoms with Gasteiger partial charge in [0.1, 0.15) is 11.5 Å². The molecule has 0 atom stereocenters. The fourth-order valence-corrected chi connectivity index (χ4v) is 2.54. The van der Waals surface area contributed by atoms with Crippen LogP contribution in [0, 0.1) is 0 Å². The van der Waals surface area contributed by atoms with E-state index in [0.717, 1.165) is 16.9 Å². The number of aliphatic hydroxyl groups is 2. The molecule has 0 amide bonds. The number of methoxy groups -OCH3 is 1. The van der Waals surface area contributed by atoms with Gasteiger partial charge in [0.25, 0.3) is 0 Å². The monoisotopic (exact) mass is 302 g/mol. The van der Waals surface area contributed by atoms with Crippen LogP contribution in [0.25, 0.3) is 0 Å². The topological polar surface area (TPSA) is 69.9 Å². The van der Waals surface area contributed by atoms with Crippen LogP contribution in [0.15, 0.2) is 36.4 Å². The Morgan fingerprint density at radius 3 is 1.82 bits per heavy atom. The van der Waals surface area contributed by atoms with Crippen molar-refractivity contribution in [1.82, 2.24) is 0 Å². The van der Waals surface area contributed by atoms with E-state index in [9.17, 15) is 15.3 Å². The van der Waals surface area contributed by atoms with Gasteiger partial charge in [0.15, 0.2) is 0 Å². The zero-order valence-electron chi connectivity index (χ0n) is 13.1. The zero-order valence-corrected chi connectivity index (χ0v) is 13.1. The highest BCUT2D eigenvalue weighted by Gasteiger charge is 2.25. The first kappa shape index (κ1) is 16.3. The van der Waals surface area contributed by atoms with E-state index in [0.29, 0.717) is 11.1 Å². The second-order valence-corrected chi connectivity index (χ2v) is 5.81. The number of benzene rings is 2. The molecule has 0 aromatic heterocycles. The normalized spacial score (nSPS) is 11.5. The Hall–Kier alpha value is -2.04. The van der Waals surface area contributed by atoms with Crippen LogP contribution >= 0.6 is 0 Å². The molecule has 0 radical (unpaired) electrons. The number of rotatable bonds is 5. The highest BCUT2D eigenvalue weighted by molar-refractivity contribution is 5.49. The minimum Gasteiger partial charge on any atom is -0.507 e. The molecule has 0 saturated heterocycles. The van der Waals surface area contributed by atoms with Crippen LogP contribution < -0.4 is 4.74 Å². The molecule has 4 nitrogen and oxygen atoms in total. The maximum Gasteiger partial charge on any atom is 0.126 e. The molecular weight excluding hydrogens is 280 g/mol. The first-order chi connectivity index (χ1) is 10.4. The van der Waals surface area contributed by atoms with Gasteiger partial charge in [-0.2, -0.15) is 0 Å². The third-order valence-electron chi connectivity index (χ3n) is 4.14.